The van der Waals surface area contributed by atoms with Crippen LogP contribution in [0.25, 0.3) is 0 Å². The standard InChI is InChI=1S/C13H19BF3N3O2/c1-8(2)20(9(3)4)19-18-12-6-5-10(13(15,16)17)7-11(12)14(21)22/h5-9,21-22H,1-4H3. The summed E-state index contributed by atoms with van der Waals surface area (Å²) in [6.45, 7) is 7.59. The first-order chi connectivity index (χ1) is 10.0. The molecule has 2 N–H and O–H groups in total. The molecule has 9 heteroatoms. The van der Waals surface area contributed by atoms with Crippen molar-refractivity contribution in [3.8, 4) is 0 Å². The molecule has 0 radical (unpaired) electrons. The molecule has 0 aliphatic heterocycles. The van der Waals surface area contributed by atoms with Crippen molar-refractivity contribution in [1.82, 2.24) is 5.01 Å². The fraction of sp³-hybridized carbons (Fsp3) is 0.538. The summed E-state index contributed by atoms with van der Waals surface area (Å²) < 4.78 is 38.0. The Hall–Kier alpha value is -1.61. The second kappa shape index (κ2) is 7.10. The highest BCUT2D eigenvalue weighted by atomic mass is 19.4. The maximum atomic E-state index is 12.7. The minimum atomic E-state index is -4.57. The van der Waals surface area contributed by atoms with Gasteiger partial charge in [0.1, 0.15) is 0 Å². The molecule has 0 atom stereocenters. The van der Waals surface area contributed by atoms with Crippen LogP contribution in [-0.4, -0.2) is 34.3 Å². The summed E-state index contributed by atoms with van der Waals surface area (Å²) in [7, 11) is -2.07. The molecule has 122 valence electrons. The number of hydrogen-bond donors (Lipinski definition) is 2. The lowest BCUT2D eigenvalue weighted by molar-refractivity contribution is -0.137. The predicted molar refractivity (Wildman–Crippen MR) is 77.9 cm³/mol. The van der Waals surface area contributed by atoms with E-state index < -0.39 is 18.9 Å². The monoisotopic (exact) mass is 317 g/mol. The number of alkyl halides is 3. The van der Waals surface area contributed by atoms with E-state index in [-0.39, 0.29) is 23.2 Å². The van der Waals surface area contributed by atoms with Gasteiger partial charge in [-0.1, -0.05) is 5.22 Å². The van der Waals surface area contributed by atoms with Crippen LogP contribution in [0, 0.1) is 0 Å². The van der Waals surface area contributed by atoms with Crippen LogP contribution in [0.4, 0.5) is 18.9 Å². The highest BCUT2D eigenvalue weighted by molar-refractivity contribution is 6.60. The Labute approximate surface area is 127 Å². The van der Waals surface area contributed by atoms with Crippen molar-refractivity contribution >= 4 is 18.3 Å². The van der Waals surface area contributed by atoms with Crippen molar-refractivity contribution in [2.75, 3.05) is 0 Å². The fourth-order valence-electron chi connectivity index (χ4n) is 1.93. The van der Waals surface area contributed by atoms with Gasteiger partial charge in [0.25, 0.3) is 0 Å². The number of halogens is 3. The lowest BCUT2D eigenvalue weighted by Gasteiger charge is -2.25. The topological polar surface area (TPSA) is 68.4 Å². The molecule has 0 saturated carbocycles. The van der Waals surface area contributed by atoms with Gasteiger partial charge in [-0.2, -0.15) is 13.2 Å². The minimum absolute atomic E-state index is 0.0192. The van der Waals surface area contributed by atoms with Gasteiger partial charge in [0.2, 0.25) is 0 Å². The van der Waals surface area contributed by atoms with E-state index in [1.807, 2.05) is 27.7 Å². The van der Waals surface area contributed by atoms with Gasteiger partial charge >= 0.3 is 13.3 Å². The molecule has 5 nitrogen and oxygen atoms in total. The first-order valence-electron chi connectivity index (χ1n) is 6.81. The van der Waals surface area contributed by atoms with E-state index in [1.54, 1.807) is 5.01 Å². The molecule has 0 saturated heterocycles. The Morgan fingerprint density at radius 3 is 2.05 bits per heavy atom. The van der Waals surface area contributed by atoms with Crippen molar-refractivity contribution in [2.45, 2.75) is 46.0 Å². The normalized spacial score (nSPS) is 12.5. The molecule has 0 fully saturated rings. The summed E-state index contributed by atoms with van der Waals surface area (Å²) >= 11 is 0. The molecule has 1 aromatic rings. The van der Waals surface area contributed by atoms with Crippen LogP contribution in [0.15, 0.2) is 28.5 Å². The highest BCUT2D eigenvalue weighted by Crippen LogP contribution is 2.30. The van der Waals surface area contributed by atoms with Gasteiger partial charge in [0.15, 0.2) is 0 Å². The average Bonchev–Trinajstić information content (AvgIpc) is 2.36. The van der Waals surface area contributed by atoms with E-state index in [0.717, 1.165) is 12.1 Å². The second-order valence-electron chi connectivity index (χ2n) is 5.40. The Balaban J connectivity index is 3.19. The van der Waals surface area contributed by atoms with Crippen molar-refractivity contribution in [3.63, 3.8) is 0 Å². The van der Waals surface area contributed by atoms with Crippen molar-refractivity contribution in [1.29, 1.82) is 0 Å². The van der Waals surface area contributed by atoms with Gasteiger partial charge in [-0.3, -0.25) is 5.01 Å². The van der Waals surface area contributed by atoms with E-state index in [4.69, 9.17) is 0 Å². The van der Waals surface area contributed by atoms with Crippen molar-refractivity contribution in [3.05, 3.63) is 23.8 Å². The number of benzene rings is 1. The maximum absolute atomic E-state index is 12.7. The van der Waals surface area contributed by atoms with Crippen LogP contribution in [0.3, 0.4) is 0 Å². The smallest absolute Gasteiger partial charge is 0.423 e. The van der Waals surface area contributed by atoms with Gasteiger partial charge in [0.05, 0.1) is 11.3 Å². The minimum Gasteiger partial charge on any atom is -0.423 e. The summed E-state index contributed by atoms with van der Waals surface area (Å²) in [4.78, 5) is 0. The van der Waals surface area contributed by atoms with Crippen LogP contribution in [0.1, 0.15) is 33.3 Å². The molecule has 0 heterocycles. The quantitative estimate of drug-likeness (QED) is 0.498. The molecular weight excluding hydrogens is 298 g/mol. The van der Waals surface area contributed by atoms with Crippen molar-refractivity contribution < 1.29 is 23.2 Å². The summed E-state index contributed by atoms with van der Waals surface area (Å²) in [5.74, 6) is 0. The summed E-state index contributed by atoms with van der Waals surface area (Å²) in [6, 6.07) is 2.64. The van der Waals surface area contributed by atoms with E-state index in [2.05, 4.69) is 10.3 Å². The summed E-state index contributed by atoms with van der Waals surface area (Å²) in [5.41, 5.74) is -1.33. The zero-order valence-electron chi connectivity index (χ0n) is 12.8. The molecule has 0 aliphatic carbocycles. The third-order valence-corrected chi connectivity index (χ3v) is 2.95. The van der Waals surface area contributed by atoms with E-state index in [0.29, 0.717) is 6.07 Å². The van der Waals surface area contributed by atoms with Gasteiger partial charge in [-0.25, -0.2) is 0 Å². The molecule has 0 bridgehead atoms. The SMILES string of the molecule is CC(C)N(N=Nc1ccc(C(F)(F)F)cc1B(O)O)C(C)C. The first kappa shape index (κ1) is 18.4. The number of hydrogen-bond acceptors (Lipinski definition) is 4. The Morgan fingerprint density at radius 2 is 1.64 bits per heavy atom. The Kier molecular flexibility index (Phi) is 5.96. The lowest BCUT2D eigenvalue weighted by Crippen LogP contribution is -2.33. The average molecular weight is 317 g/mol. The fourth-order valence-corrected chi connectivity index (χ4v) is 1.93. The largest absolute Gasteiger partial charge is 0.490 e. The van der Waals surface area contributed by atoms with Crippen LogP contribution < -0.4 is 5.46 Å². The van der Waals surface area contributed by atoms with Gasteiger partial charge in [0, 0.05) is 17.5 Å². The predicted octanol–water partition coefficient (Wildman–Crippen LogP) is 2.50. The molecular formula is C13H19BF3N3O2. The molecule has 0 amide bonds. The molecule has 22 heavy (non-hydrogen) atoms. The number of nitrogens with zero attached hydrogens (tertiary/aromatic N) is 3. The van der Waals surface area contributed by atoms with Crippen LogP contribution in [0.2, 0.25) is 0 Å². The van der Waals surface area contributed by atoms with Gasteiger partial charge in [-0.15, -0.1) is 5.11 Å². The van der Waals surface area contributed by atoms with Gasteiger partial charge in [-0.05, 0) is 45.9 Å². The van der Waals surface area contributed by atoms with E-state index in [1.165, 1.54) is 0 Å². The molecule has 1 rings (SSSR count). The third kappa shape index (κ3) is 4.70. The molecule has 1 aromatic carbocycles. The Bertz CT molecular complexity index is 526. The Morgan fingerprint density at radius 1 is 1.09 bits per heavy atom. The first-order valence-corrected chi connectivity index (χ1v) is 6.81. The third-order valence-electron chi connectivity index (χ3n) is 2.95. The summed E-state index contributed by atoms with van der Waals surface area (Å²) in [6.07, 6.45) is -4.57. The van der Waals surface area contributed by atoms with Crippen LogP contribution >= 0.6 is 0 Å². The maximum Gasteiger partial charge on any atom is 0.490 e. The van der Waals surface area contributed by atoms with Crippen LogP contribution in [-0.2, 0) is 6.18 Å². The molecule has 0 spiro atoms. The lowest BCUT2D eigenvalue weighted by atomic mass is 9.78. The van der Waals surface area contributed by atoms with Crippen molar-refractivity contribution in [2.24, 2.45) is 10.3 Å². The molecule has 0 aliphatic rings. The van der Waals surface area contributed by atoms with Crippen LogP contribution in [0.5, 0.6) is 0 Å². The van der Waals surface area contributed by atoms with E-state index >= 15 is 0 Å². The zero-order chi connectivity index (χ0) is 17.1. The van der Waals surface area contributed by atoms with Gasteiger partial charge < -0.3 is 10.0 Å². The van der Waals surface area contributed by atoms with E-state index in [9.17, 15) is 23.2 Å². The second-order valence-corrected chi connectivity index (χ2v) is 5.40. The highest BCUT2D eigenvalue weighted by Gasteiger charge is 2.32. The molecule has 0 unspecified atom stereocenters. The molecule has 0 aromatic heterocycles. The zero-order valence-corrected chi connectivity index (χ0v) is 12.8. The summed E-state index contributed by atoms with van der Waals surface area (Å²) in [5, 5.41) is 28.0. The number of rotatable bonds is 5.